The fraction of sp³-hybridized carbons (Fsp3) is 0.357. The predicted octanol–water partition coefficient (Wildman–Crippen LogP) is 15.5. The van der Waals surface area contributed by atoms with Gasteiger partial charge in [0.05, 0.1) is 84.8 Å². The van der Waals surface area contributed by atoms with Crippen molar-refractivity contribution in [2.75, 3.05) is 108 Å². The van der Waals surface area contributed by atoms with E-state index < -0.39 is 45.6 Å². The molecule has 110 heavy (non-hydrogen) atoms. The number of nitrogens with zero attached hydrogens (tertiary/aromatic N) is 8. The van der Waals surface area contributed by atoms with Gasteiger partial charge in [0.1, 0.15) is 11.6 Å². The first-order valence-electron chi connectivity index (χ1n) is 36.5. The molecule has 26 heteroatoms. The van der Waals surface area contributed by atoms with Crippen LogP contribution >= 0.6 is 46.4 Å². The van der Waals surface area contributed by atoms with E-state index in [1.165, 1.54) is 66.9 Å². The van der Waals surface area contributed by atoms with Crippen LogP contribution in [0.3, 0.4) is 0 Å². The third kappa shape index (κ3) is 15.3. The van der Waals surface area contributed by atoms with Crippen LogP contribution in [0, 0.1) is 11.6 Å². The lowest BCUT2D eigenvalue weighted by atomic mass is 9.76. The van der Waals surface area contributed by atoms with Crippen molar-refractivity contribution in [3.05, 3.63) is 234 Å². The van der Waals surface area contributed by atoms with E-state index in [1.807, 2.05) is 91.7 Å². The van der Waals surface area contributed by atoms with E-state index in [0.29, 0.717) is 180 Å². The number of piperidine rings is 2. The number of likely N-dealkylation sites (tertiary alicyclic amines) is 4. The van der Waals surface area contributed by atoms with Gasteiger partial charge in [-0.3, -0.25) is 9.59 Å². The van der Waals surface area contributed by atoms with Crippen molar-refractivity contribution in [1.82, 2.24) is 38.7 Å². The van der Waals surface area contributed by atoms with Gasteiger partial charge in [0.2, 0.25) is 11.5 Å². The van der Waals surface area contributed by atoms with Crippen LogP contribution in [0.1, 0.15) is 106 Å². The predicted molar refractivity (Wildman–Crippen MR) is 416 cm³/mol. The monoisotopic (exact) mass is 1570 g/mol. The highest BCUT2D eigenvalue weighted by atomic mass is 35.5. The molecular formula is C84H84Cl4F2N8O12. The molecule has 14 rings (SSSR count). The van der Waals surface area contributed by atoms with E-state index in [1.54, 1.807) is 60.7 Å². The van der Waals surface area contributed by atoms with Crippen molar-refractivity contribution in [3.63, 3.8) is 0 Å². The Labute approximate surface area is 656 Å². The molecule has 4 aliphatic rings. The number of hydrogen-bond donors (Lipinski definition) is 0. The fourth-order valence-electron chi connectivity index (χ4n) is 16.6. The molecule has 2 atom stereocenters. The quantitative estimate of drug-likeness (QED) is 0.0410. The molecule has 10 aromatic rings. The first-order valence-corrected chi connectivity index (χ1v) is 38.1. The van der Waals surface area contributed by atoms with Crippen LogP contribution < -0.4 is 28.4 Å². The maximum atomic E-state index is 15.7. The number of fused-ring (bicyclic) bond motifs is 2. The standard InChI is InChI=1S/C84H84Cl4F2N8O12/c1-103-69-43-55(44-70(104-2)73(69)107-5)75(99)95-41-29-81(51-95,57-19-25-61(85)63(87)47-57)27-35-93-37-31-83(32-38-93,79-91-65-11-7-9-13-67(65)97(79)49-53-15-21-59(89)22-16-53)109-77(101)78(102)110-84(80-92-66-12-8-10-14-68(66)98(80)50-54-17-23-60(90)24-18-54)33-39-94(40-34-84)36-28-82(58-20-26-62(86)64(88)48-58)30-42-96(52-82)76(100)56-45-71(105-3)74(108-6)72(46-56)106-4/h7-26,43-48H,27-42,49-52H2,1-6H3. The average molecular weight is 1580 g/mol. The number of imidazole rings is 2. The molecule has 6 heterocycles. The van der Waals surface area contributed by atoms with Crippen molar-refractivity contribution in [3.8, 4) is 34.5 Å². The maximum absolute atomic E-state index is 15.7. The average Bonchev–Trinajstić information content (AvgIpc) is 1.68. The van der Waals surface area contributed by atoms with Gasteiger partial charge in [-0.1, -0.05) is 107 Å². The minimum Gasteiger partial charge on any atom is -0.493 e. The minimum atomic E-state index is -1.55. The zero-order chi connectivity index (χ0) is 77.2. The second-order valence-electron chi connectivity index (χ2n) is 28.8. The van der Waals surface area contributed by atoms with Crippen LogP contribution in [0.4, 0.5) is 8.78 Å². The van der Waals surface area contributed by atoms with Crippen LogP contribution in [0.5, 0.6) is 34.5 Å². The molecule has 574 valence electrons. The van der Waals surface area contributed by atoms with E-state index in [2.05, 4.69) is 9.80 Å². The van der Waals surface area contributed by atoms with E-state index in [-0.39, 0.29) is 50.6 Å². The van der Waals surface area contributed by atoms with Crippen molar-refractivity contribution >= 4 is 92.2 Å². The third-order valence-electron chi connectivity index (χ3n) is 22.7. The number of amides is 2. The molecule has 4 aliphatic heterocycles. The summed E-state index contributed by atoms with van der Waals surface area (Å²) in [5, 5.41) is 1.56. The number of aromatic nitrogens is 4. The van der Waals surface area contributed by atoms with Crippen LogP contribution in [0.15, 0.2) is 158 Å². The summed E-state index contributed by atoms with van der Waals surface area (Å²) in [5.74, 6) is -0.804. The van der Waals surface area contributed by atoms with Gasteiger partial charge in [0.25, 0.3) is 11.8 Å². The summed E-state index contributed by atoms with van der Waals surface area (Å²) in [5.41, 5.74) is 2.48. The number of halogens is 6. The molecule has 0 saturated carbocycles. The molecular weight excluding hydrogens is 1490 g/mol. The lowest BCUT2D eigenvalue weighted by molar-refractivity contribution is -0.195. The van der Waals surface area contributed by atoms with E-state index in [4.69, 9.17) is 94.3 Å². The second kappa shape index (κ2) is 32.3. The Bertz CT molecular complexity index is 4740. The zero-order valence-electron chi connectivity index (χ0n) is 61.9. The summed E-state index contributed by atoms with van der Waals surface area (Å²) in [6.45, 7) is 4.51. The van der Waals surface area contributed by atoms with E-state index >= 15 is 9.59 Å². The number of carbonyl (C=O) groups is 4. The van der Waals surface area contributed by atoms with Crippen molar-refractivity contribution < 1.29 is 65.9 Å². The number of hydrogen-bond acceptors (Lipinski definition) is 16. The second-order valence-corrected chi connectivity index (χ2v) is 30.5. The molecule has 0 bridgehead atoms. The topological polar surface area (TPSA) is 191 Å². The molecule has 0 spiro atoms. The summed E-state index contributed by atoms with van der Waals surface area (Å²) in [6.07, 6.45) is 3.06. The number of rotatable bonds is 24. The number of benzene rings is 8. The lowest BCUT2D eigenvalue weighted by Crippen LogP contribution is -2.50. The van der Waals surface area contributed by atoms with Gasteiger partial charge in [-0.05, 0) is 158 Å². The van der Waals surface area contributed by atoms with Gasteiger partial charge in [-0.15, -0.1) is 0 Å². The molecule has 2 amide bonds. The summed E-state index contributed by atoms with van der Waals surface area (Å²) >= 11 is 26.8. The van der Waals surface area contributed by atoms with Gasteiger partial charge in [0.15, 0.2) is 45.8 Å². The van der Waals surface area contributed by atoms with E-state index in [0.717, 1.165) is 33.3 Å². The molecule has 4 fully saturated rings. The lowest BCUT2D eigenvalue weighted by Gasteiger charge is -2.43. The highest BCUT2D eigenvalue weighted by molar-refractivity contribution is 6.42. The van der Waals surface area contributed by atoms with Gasteiger partial charge in [-0.25, -0.2) is 28.3 Å². The van der Waals surface area contributed by atoms with Crippen LogP contribution in [0.25, 0.3) is 22.1 Å². The molecule has 0 radical (unpaired) electrons. The Balaban J connectivity index is 0.768. The Hall–Kier alpha value is -9.68. The molecule has 20 nitrogen and oxygen atoms in total. The van der Waals surface area contributed by atoms with Crippen molar-refractivity contribution in [2.45, 2.75) is 86.5 Å². The molecule has 4 saturated heterocycles. The summed E-state index contributed by atoms with van der Waals surface area (Å²) in [6, 6.07) is 45.4. The highest BCUT2D eigenvalue weighted by Gasteiger charge is 2.51. The van der Waals surface area contributed by atoms with Gasteiger partial charge < -0.3 is 66.6 Å². The fourth-order valence-corrected chi connectivity index (χ4v) is 17.2. The smallest absolute Gasteiger partial charge is 0.418 e. The Kier molecular flexibility index (Phi) is 22.7. The first-order chi connectivity index (χ1) is 53.1. The number of para-hydroxylation sites is 4. The Morgan fingerprint density at radius 3 is 1.11 bits per heavy atom. The number of esters is 2. The van der Waals surface area contributed by atoms with Crippen molar-refractivity contribution in [1.29, 1.82) is 0 Å². The zero-order valence-corrected chi connectivity index (χ0v) is 64.9. The summed E-state index contributed by atoms with van der Waals surface area (Å²) in [4.78, 5) is 79.4. The van der Waals surface area contributed by atoms with Crippen LogP contribution in [0.2, 0.25) is 20.1 Å². The number of ether oxygens (including phenoxy) is 8. The van der Waals surface area contributed by atoms with Gasteiger partial charge in [0, 0.05) is 113 Å². The van der Waals surface area contributed by atoms with Gasteiger partial charge >= 0.3 is 11.9 Å². The molecule has 2 aromatic heterocycles. The largest absolute Gasteiger partial charge is 0.493 e. The van der Waals surface area contributed by atoms with Crippen molar-refractivity contribution in [2.24, 2.45) is 0 Å². The molecule has 8 aromatic carbocycles. The van der Waals surface area contributed by atoms with E-state index in [9.17, 15) is 18.4 Å². The normalized spacial score (nSPS) is 18.5. The van der Waals surface area contributed by atoms with Crippen LogP contribution in [-0.4, -0.2) is 171 Å². The highest BCUT2D eigenvalue weighted by Crippen LogP contribution is 2.48. The van der Waals surface area contributed by atoms with Gasteiger partial charge in [-0.2, -0.15) is 0 Å². The molecule has 0 aliphatic carbocycles. The summed E-state index contributed by atoms with van der Waals surface area (Å²) < 4.78 is 80.7. The SMILES string of the molecule is COc1cc(C(=O)N2CCC(CCN3CCC(OC(=O)C(=O)OC4(c5nc6ccccc6n5Cc5ccc(F)cc5)CCN(CCC5(c6ccc(Cl)c(Cl)c6)CCN(C(=O)c6cc(OC)c(OC)c(OC)c6)C5)CC4)(c4nc5ccccc5n4Cc4ccc(F)cc4)CC3)(c3ccc(Cl)c(Cl)c3)C2)cc(OC)c1OC. The number of methoxy groups -OCH3 is 6. The maximum Gasteiger partial charge on any atom is 0.418 e. The minimum absolute atomic E-state index is 0.179. The van der Waals surface area contributed by atoms with Crippen LogP contribution in [-0.2, 0) is 54.2 Å². The first kappa shape index (κ1) is 77.1. The Morgan fingerprint density at radius 2 is 0.773 bits per heavy atom. The Morgan fingerprint density at radius 1 is 0.418 bits per heavy atom. The molecule has 0 N–H and O–H groups in total. The molecule has 2 unspecified atom stereocenters. The number of carbonyl (C=O) groups excluding carboxylic acids is 4. The third-order valence-corrected chi connectivity index (χ3v) is 24.2. The summed E-state index contributed by atoms with van der Waals surface area (Å²) in [7, 11) is 9.02.